The van der Waals surface area contributed by atoms with E-state index in [9.17, 15) is 14.7 Å². The number of aryl methyl sites for hydroxylation is 2. The van der Waals surface area contributed by atoms with Crippen LogP contribution in [0.5, 0.6) is 0 Å². The van der Waals surface area contributed by atoms with Gasteiger partial charge in [-0.05, 0) is 36.6 Å². The third kappa shape index (κ3) is 4.07. The van der Waals surface area contributed by atoms with E-state index in [1.807, 2.05) is 32.0 Å². The molecule has 4 heteroatoms. The molecule has 0 radical (unpaired) electrons. The molecule has 0 aliphatic rings. The van der Waals surface area contributed by atoms with E-state index in [0.29, 0.717) is 17.5 Å². The van der Waals surface area contributed by atoms with Crippen LogP contribution in [0.4, 0.5) is 0 Å². The topological polar surface area (TPSA) is 70.2 Å². The number of pyridine rings is 1. The molecule has 1 unspecified atom stereocenters. The largest absolute Gasteiger partial charge is 0.380 e. The van der Waals surface area contributed by atoms with Gasteiger partial charge in [0, 0.05) is 22.4 Å². The maximum atomic E-state index is 12.7. The lowest BCUT2D eigenvalue weighted by Crippen LogP contribution is -2.14. The maximum Gasteiger partial charge on any atom is 0.251 e. The number of nitrogens with one attached hydrogen (secondary N) is 1. The molecule has 1 aromatic heterocycles. The van der Waals surface area contributed by atoms with Gasteiger partial charge >= 0.3 is 0 Å². The van der Waals surface area contributed by atoms with Crippen LogP contribution in [0.25, 0.3) is 11.1 Å². The van der Waals surface area contributed by atoms with Crippen LogP contribution in [-0.2, 0) is 6.42 Å². The zero-order valence-electron chi connectivity index (χ0n) is 15.5. The van der Waals surface area contributed by atoms with E-state index >= 15 is 0 Å². The fraction of sp³-hybridized carbons (Fsp3) is 0.217. The number of aromatic nitrogens is 1. The minimum atomic E-state index is -1.20. The Morgan fingerprint density at radius 3 is 2.52 bits per heavy atom. The minimum Gasteiger partial charge on any atom is -0.380 e. The Morgan fingerprint density at radius 2 is 1.81 bits per heavy atom. The normalized spacial score (nSPS) is 12.0. The van der Waals surface area contributed by atoms with Crippen molar-refractivity contribution in [2.24, 2.45) is 0 Å². The van der Waals surface area contributed by atoms with Gasteiger partial charge in [0.05, 0.1) is 0 Å². The number of H-pyrrole nitrogens is 1. The van der Waals surface area contributed by atoms with Gasteiger partial charge in [0.1, 0.15) is 6.10 Å². The molecule has 0 amide bonds. The average molecular weight is 361 g/mol. The summed E-state index contributed by atoms with van der Waals surface area (Å²) in [6, 6.07) is 18.0. The third-order valence-corrected chi connectivity index (χ3v) is 4.66. The quantitative estimate of drug-likeness (QED) is 0.646. The van der Waals surface area contributed by atoms with Crippen molar-refractivity contribution in [3.05, 3.63) is 93.4 Å². The Kier molecular flexibility index (Phi) is 5.67. The molecule has 2 aromatic carbocycles. The highest BCUT2D eigenvalue weighted by Crippen LogP contribution is 2.26. The molecule has 1 heterocycles. The van der Waals surface area contributed by atoms with Crippen molar-refractivity contribution >= 4 is 5.78 Å². The van der Waals surface area contributed by atoms with Crippen LogP contribution < -0.4 is 5.56 Å². The van der Waals surface area contributed by atoms with E-state index in [0.717, 1.165) is 28.8 Å². The molecular formula is C23H23NO3. The van der Waals surface area contributed by atoms with Crippen molar-refractivity contribution in [2.75, 3.05) is 0 Å². The first-order valence-corrected chi connectivity index (χ1v) is 9.11. The second kappa shape index (κ2) is 8.14. The summed E-state index contributed by atoms with van der Waals surface area (Å²) in [4.78, 5) is 27.7. The predicted molar refractivity (Wildman–Crippen MR) is 107 cm³/mol. The SMILES string of the molecule is CCCc1cc(-c2cccc(C(=O)C(O)c3ccccc3)c2)c(C)[nH]c1=O. The van der Waals surface area contributed by atoms with Crippen LogP contribution in [0.3, 0.4) is 0 Å². The van der Waals surface area contributed by atoms with E-state index in [1.54, 1.807) is 42.5 Å². The van der Waals surface area contributed by atoms with E-state index in [1.165, 1.54) is 0 Å². The standard InChI is InChI=1S/C23H23NO3/c1-3-8-19-14-20(15(2)24-23(19)27)17-11-7-12-18(13-17)22(26)21(25)16-9-5-4-6-10-16/h4-7,9-14,21,25H,3,8H2,1-2H3,(H,24,27). The van der Waals surface area contributed by atoms with Crippen LogP contribution in [0.2, 0.25) is 0 Å². The molecule has 0 aliphatic heterocycles. The molecule has 3 aromatic rings. The van der Waals surface area contributed by atoms with Crippen molar-refractivity contribution in [2.45, 2.75) is 32.8 Å². The number of aromatic amines is 1. The summed E-state index contributed by atoms with van der Waals surface area (Å²) < 4.78 is 0. The highest BCUT2D eigenvalue weighted by molar-refractivity contribution is 6.00. The fourth-order valence-corrected chi connectivity index (χ4v) is 3.21. The van der Waals surface area contributed by atoms with Crippen LogP contribution in [0.1, 0.15) is 46.6 Å². The second-order valence-electron chi connectivity index (χ2n) is 6.67. The molecule has 138 valence electrons. The van der Waals surface area contributed by atoms with Crippen LogP contribution in [-0.4, -0.2) is 15.9 Å². The molecule has 0 saturated carbocycles. The molecule has 0 spiro atoms. The Morgan fingerprint density at radius 1 is 1.07 bits per heavy atom. The van der Waals surface area contributed by atoms with Crippen molar-refractivity contribution < 1.29 is 9.90 Å². The zero-order valence-corrected chi connectivity index (χ0v) is 15.5. The number of Topliss-reactive ketones (excluding diaryl/α,β-unsaturated/α-hetero) is 1. The van der Waals surface area contributed by atoms with Crippen LogP contribution in [0.15, 0.2) is 65.5 Å². The van der Waals surface area contributed by atoms with Crippen molar-refractivity contribution in [1.29, 1.82) is 0 Å². The summed E-state index contributed by atoms with van der Waals surface area (Å²) in [5, 5.41) is 10.4. The van der Waals surface area contributed by atoms with Gasteiger partial charge in [-0.1, -0.05) is 61.9 Å². The average Bonchev–Trinajstić information content (AvgIpc) is 2.69. The van der Waals surface area contributed by atoms with E-state index in [2.05, 4.69) is 4.98 Å². The number of carbonyl (C=O) groups is 1. The predicted octanol–water partition coefficient (Wildman–Crippen LogP) is 4.22. The zero-order chi connectivity index (χ0) is 19.4. The summed E-state index contributed by atoms with van der Waals surface area (Å²) in [7, 11) is 0. The molecule has 4 nitrogen and oxygen atoms in total. The number of aliphatic hydroxyl groups excluding tert-OH is 1. The number of aliphatic hydroxyl groups is 1. The van der Waals surface area contributed by atoms with Crippen LogP contribution >= 0.6 is 0 Å². The van der Waals surface area contributed by atoms with Crippen molar-refractivity contribution in [3.8, 4) is 11.1 Å². The summed E-state index contributed by atoms with van der Waals surface area (Å²) >= 11 is 0. The third-order valence-electron chi connectivity index (χ3n) is 4.66. The minimum absolute atomic E-state index is 0.0650. The number of carbonyl (C=O) groups excluding carboxylic acids is 1. The lowest BCUT2D eigenvalue weighted by molar-refractivity contribution is 0.0747. The van der Waals surface area contributed by atoms with Gasteiger partial charge in [0.15, 0.2) is 5.78 Å². The van der Waals surface area contributed by atoms with Crippen molar-refractivity contribution in [3.63, 3.8) is 0 Å². The smallest absolute Gasteiger partial charge is 0.251 e. The Bertz CT molecular complexity index is 1010. The molecule has 27 heavy (non-hydrogen) atoms. The first-order valence-electron chi connectivity index (χ1n) is 9.11. The number of benzene rings is 2. The summed E-state index contributed by atoms with van der Waals surface area (Å²) in [5.41, 5.74) is 4.16. The van der Waals surface area contributed by atoms with Gasteiger partial charge in [-0.25, -0.2) is 0 Å². The molecule has 0 aliphatic carbocycles. The molecule has 0 bridgehead atoms. The van der Waals surface area contributed by atoms with Gasteiger partial charge in [0.2, 0.25) is 0 Å². The highest BCUT2D eigenvalue weighted by Gasteiger charge is 2.19. The van der Waals surface area contributed by atoms with Gasteiger partial charge < -0.3 is 10.1 Å². The number of hydrogen-bond acceptors (Lipinski definition) is 3. The molecule has 1 atom stereocenters. The van der Waals surface area contributed by atoms with Crippen molar-refractivity contribution in [1.82, 2.24) is 4.98 Å². The van der Waals surface area contributed by atoms with Gasteiger partial charge in [-0.3, -0.25) is 9.59 Å². The van der Waals surface area contributed by atoms with E-state index in [-0.39, 0.29) is 11.3 Å². The molecule has 0 fully saturated rings. The second-order valence-corrected chi connectivity index (χ2v) is 6.67. The Labute approximate surface area is 158 Å². The number of ketones is 1. The van der Waals surface area contributed by atoms with E-state index < -0.39 is 6.10 Å². The summed E-state index contributed by atoms with van der Waals surface area (Å²) in [6.45, 7) is 3.88. The fourth-order valence-electron chi connectivity index (χ4n) is 3.21. The Hall–Kier alpha value is -2.98. The number of rotatable bonds is 6. The molecule has 2 N–H and O–H groups in total. The Balaban J connectivity index is 1.98. The van der Waals surface area contributed by atoms with Crippen LogP contribution in [0, 0.1) is 6.92 Å². The maximum absolute atomic E-state index is 12.7. The van der Waals surface area contributed by atoms with Gasteiger partial charge in [0.25, 0.3) is 5.56 Å². The lowest BCUT2D eigenvalue weighted by atomic mass is 9.95. The number of hydrogen-bond donors (Lipinski definition) is 2. The molecule has 3 rings (SSSR count). The first-order chi connectivity index (χ1) is 13.0. The van der Waals surface area contributed by atoms with Gasteiger partial charge in [-0.15, -0.1) is 0 Å². The molecule has 0 saturated heterocycles. The molecular weight excluding hydrogens is 338 g/mol. The monoisotopic (exact) mass is 361 g/mol. The van der Waals surface area contributed by atoms with E-state index in [4.69, 9.17) is 0 Å². The lowest BCUT2D eigenvalue weighted by Gasteiger charge is -2.12. The summed E-state index contributed by atoms with van der Waals surface area (Å²) in [5.74, 6) is -0.348. The summed E-state index contributed by atoms with van der Waals surface area (Å²) in [6.07, 6.45) is 0.384. The van der Waals surface area contributed by atoms with Gasteiger partial charge in [-0.2, -0.15) is 0 Å². The first kappa shape index (κ1) is 18.8. The highest BCUT2D eigenvalue weighted by atomic mass is 16.3.